The van der Waals surface area contributed by atoms with Gasteiger partial charge in [0.15, 0.2) is 0 Å². The van der Waals surface area contributed by atoms with Crippen molar-refractivity contribution < 1.29 is 0 Å². The Kier molecular flexibility index (Phi) is 9.77. The summed E-state index contributed by atoms with van der Waals surface area (Å²) < 4.78 is 2.50. The third-order valence-electron chi connectivity index (χ3n) is 14.3. The molecule has 69 heavy (non-hydrogen) atoms. The van der Waals surface area contributed by atoms with Gasteiger partial charge in [0.1, 0.15) is 0 Å². The molecule has 0 bridgehead atoms. The normalized spacial score (nSPS) is 12.5. The molecule has 0 radical (unpaired) electrons. The summed E-state index contributed by atoms with van der Waals surface area (Å²) in [5, 5.41) is 3.62. The van der Waals surface area contributed by atoms with Crippen LogP contribution in [0.1, 0.15) is 22.3 Å². The molecule has 0 atom stereocenters. The van der Waals surface area contributed by atoms with E-state index in [4.69, 9.17) is 0 Å². The van der Waals surface area contributed by atoms with E-state index in [2.05, 4.69) is 289 Å². The first-order valence-corrected chi connectivity index (χ1v) is 23.8. The second-order valence-electron chi connectivity index (χ2n) is 18.0. The van der Waals surface area contributed by atoms with Gasteiger partial charge >= 0.3 is 0 Å². The Hall–Kier alpha value is -8.98. The van der Waals surface area contributed by atoms with Crippen molar-refractivity contribution in [2.24, 2.45) is 0 Å². The van der Waals surface area contributed by atoms with Gasteiger partial charge in [0, 0.05) is 33.4 Å². The Bertz CT molecular complexity index is 3760. The molecule has 0 unspecified atom stereocenters. The fourth-order valence-electron chi connectivity index (χ4n) is 11.3. The zero-order valence-corrected chi connectivity index (χ0v) is 38.0. The highest BCUT2D eigenvalue weighted by Crippen LogP contribution is 2.58. The number of hydrogen-bond donors (Lipinski definition) is 0. The van der Waals surface area contributed by atoms with Crippen LogP contribution in [0.3, 0.4) is 0 Å². The summed E-state index contributed by atoms with van der Waals surface area (Å²) in [6.45, 7) is 0. The molecule has 324 valence electrons. The molecule has 0 amide bonds. The number of fused-ring (bicyclic) bond motifs is 5. The minimum atomic E-state index is -0.668. The zero-order valence-electron chi connectivity index (χ0n) is 38.0. The first-order chi connectivity index (χ1) is 34.3. The number of hydrogen-bond acceptors (Lipinski definition) is 1. The molecule has 0 saturated heterocycles. The Morgan fingerprint density at radius 1 is 0.333 bits per heavy atom. The quantitative estimate of drug-likeness (QED) is 0.140. The standard InChI is InChI=1S/C67H46N2/c1-6-21-47(22-7-1)48-37-39-54(40-38-48)68(63-36-20-28-49-23-16-17-33-57(49)63)55-41-43-58-59-44-42-56(46-62(59)67(61(58)45-55,52-29-12-4-13-30-52)53-31-14-5-15-32-53)69-64-35-19-18-34-60(64)65(50-24-8-2-9-25-50)66(69)51-26-10-3-11-27-51/h1-46H. The van der Waals surface area contributed by atoms with E-state index in [1.807, 2.05) is 0 Å². The van der Waals surface area contributed by atoms with E-state index in [-0.39, 0.29) is 0 Å². The van der Waals surface area contributed by atoms with Crippen molar-refractivity contribution in [3.63, 3.8) is 0 Å². The summed E-state index contributed by atoms with van der Waals surface area (Å²) in [5.74, 6) is 0. The third kappa shape index (κ3) is 6.56. The van der Waals surface area contributed by atoms with Gasteiger partial charge in [-0.1, -0.05) is 231 Å². The predicted octanol–water partition coefficient (Wildman–Crippen LogP) is 17.6. The van der Waals surface area contributed by atoms with E-state index in [0.717, 1.165) is 22.7 Å². The Labute approximate surface area is 403 Å². The lowest BCUT2D eigenvalue weighted by Crippen LogP contribution is -2.29. The molecule has 13 rings (SSSR count). The second kappa shape index (κ2) is 16.7. The van der Waals surface area contributed by atoms with Gasteiger partial charge in [0.25, 0.3) is 0 Å². The van der Waals surface area contributed by atoms with E-state index in [0.29, 0.717) is 0 Å². The second-order valence-corrected chi connectivity index (χ2v) is 18.0. The van der Waals surface area contributed by atoms with Gasteiger partial charge < -0.3 is 9.47 Å². The number of rotatable bonds is 9. The number of aromatic nitrogens is 1. The van der Waals surface area contributed by atoms with Crippen LogP contribution in [-0.4, -0.2) is 4.57 Å². The third-order valence-corrected chi connectivity index (χ3v) is 14.3. The van der Waals surface area contributed by atoms with Gasteiger partial charge in [-0.25, -0.2) is 0 Å². The molecule has 11 aromatic carbocycles. The molecule has 0 N–H and O–H groups in total. The molecular formula is C67H46N2. The first-order valence-electron chi connectivity index (χ1n) is 23.8. The SMILES string of the molecule is c1ccc(-c2ccc(N(c3ccc4c(c3)C(c3ccccc3)(c3ccccc3)c3cc(-n5c(-c6ccccc6)c(-c6ccccc6)c6ccccc65)ccc3-4)c3cccc4ccccc34)cc2)cc1. The number of benzene rings is 11. The lowest BCUT2D eigenvalue weighted by Gasteiger charge is -2.35. The van der Waals surface area contributed by atoms with Gasteiger partial charge in [-0.15, -0.1) is 0 Å². The lowest BCUT2D eigenvalue weighted by atomic mass is 9.67. The summed E-state index contributed by atoms with van der Waals surface area (Å²) >= 11 is 0. The average Bonchev–Trinajstić information content (AvgIpc) is 3.93. The molecule has 0 fully saturated rings. The number of para-hydroxylation sites is 1. The molecule has 2 heteroatoms. The summed E-state index contributed by atoms with van der Waals surface area (Å²) in [6, 6.07) is 102. The van der Waals surface area contributed by atoms with Crippen molar-refractivity contribution in [1.82, 2.24) is 4.57 Å². The first kappa shape index (κ1) is 40.3. The highest BCUT2D eigenvalue weighted by Gasteiger charge is 2.47. The van der Waals surface area contributed by atoms with Crippen LogP contribution in [0.15, 0.2) is 279 Å². The maximum Gasteiger partial charge on any atom is 0.0715 e. The summed E-state index contributed by atoms with van der Waals surface area (Å²) in [7, 11) is 0. The minimum absolute atomic E-state index is 0.668. The molecule has 0 saturated carbocycles. The topological polar surface area (TPSA) is 8.17 Å². The zero-order chi connectivity index (χ0) is 45.7. The lowest BCUT2D eigenvalue weighted by molar-refractivity contribution is 0.767. The molecule has 0 aliphatic heterocycles. The van der Waals surface area contributed by atoms with Crippen molar-refractivity contribution in [2.45, 2.75) is 5.41 Å². The van der Waals surface area contributed by atoms with E-state index in [1.54, 1.807) is 0 Å². The highest BCUT2D eigenvalue weighted by atomic mass is 15.1. The average molecular weight is 879 g/mol. The molecule has 12 aromatic rings. The molecule has 1 aromatic heterocycles. The predicted molar refractivity (Wildman–Crippen MR) is 289 cm³/mol. The molecule has 1 heterocycles. The van der Waals surface area contributed by atoms with Crippen molar-refractivity contribution in [2.75, 3.05) is 4.90 Å². The fraction of sp³-hybridized carbons (Fsp3) is 0.0149. The Morgan fingerprint density at radius 2 is 0.826 bits per heavy atom. The van der Waals surface area contributed by atoms with Gasteiger partial charge in [0.05, 0.1) is 22.3 Å². The van der Waals surface area contributed by atoms with Crippen LogP contribution in [0, 0.1) is 0 Å². The van der Waals surface area contributed by atoms with E-state index >= 15 is 0 Å². The summed E-state index contributed by atoms with van der Waals surface area (Å²) in [5.41, 5.74) is 19.5. The minimum Gasteiger partial charge on any atom is -0.310 e. The molecule has 0 spiro atoms. The Balaban J connectivity index is 1.08. The number of nitrogens with zero attached hydrogens (tertiary/aromatic N) is 2. The van der Waals surface area contributed by atoms with Crippen LogP contribution in [0.5, 0.6) is 0 Å². The fourth-order valence-corrected chi connectivity index (χ4v) is 11.3. The maximum atomic E-state index is 2.50. The largest absolute Gasteiger partial charge is 0.310 e. The molecular weight excluding hydrogens is 833 g/mol. The van der Waals surface area contributed by atoms with Gasteiger partial charge in [0.2, 0.25) is 0 Å². The van der Waals surface area contributed by atoms with Gasteiger partial charge in [-0.3, -0.25) is 0 Å². The van der Waals surface area contributed by atoms with Crippen LogP contribution in [-0.2, 0) is 5.41 Å². The summed E-state index contributed by atoms with van der Waals surface area (Å²) in [4.78, 5) is 2.45. The smallest absolute Gasteiger partial charge is 0.0715 e. The molecule has 2 nitrogen and oxygen atoms in total. The van der Waals surface area contributed by atoms with Crippen LogP contribution >= 0.6 is 0 Å². The van der Waals surface area contributed by atoms with Crippen LogP contribution in [0.2, 0.25) is 0 Å². The maximum absolute atomic E-state index is 2.50. The van der Waals surface area contributed by atoms with E-state index < -0.39 is 5.41 Å². The van der Waals surface area contributed by atoms with Crippen LogP contribution < -0.4 is 4.90 Å². The van der Waals surface area contributed by atoms with Crippen LogP contribution in [0.4, 0.5) is 17.1 Å². The molecule has 1 aliphatic carbocycles. The van der Waals surface area contributed by atoms with Crippen molar-refractivity contribution >= 4 is 38.7 Å². The Morgan fingerprint density at radius 3 is 1.49 bits per heavy atom. The van der Waals surface area contributed by atoms with Crippen molar-refractivity contribution in [3.8, 4) is 50.3 Å². The summed E-state index contributed by atoms with van der Waals surface area (Å²) in [6.07, 6.45) is 0. The highest BCUT2D eigenvalue weighted by molar-refractivity contribution is 6.06. The van der Waals surface area contributed by atoms with Gasteiger partial charge in [-0.05, 0) is 110 Å². The monoisotopic (exact) mass is 878 g/mol. The molecule has 1 aliphatic rings. The number of anilines is 3. The van der Waals surface area contributed by atoms with Gasteiger partial charge in [-0.2, -0.15) is 0 Å². The van der Waals surface area contributed by atoms with E-state index in [9.17, 15) is 0 Å². The van der Waals surface area contributed by atoms with Crippen molar-refractivity contribution in [1.29, 1.82) is 0 Å². The van der Waals surface area contributed by atoms with E-state index in [1.165, 1.54) is 88.6 Å². The van der Waals surface area contributed by atoms with Crippen molar-refractivity contribution in [3.05, 3.63) is 301 Å². The van der Waals surface area contributed by atoms with Crippen LogP contribution in [0.25, 0.3) is 72.0 Å².